The second kappa shape index (κ2) is 10.7. The van der Waals surface area contributed by atoms with E-state index in [-0.39, 0.29) is 6.61 Å². The summed E-state index contributed by atoms with van der Waals surface area (Å²) in [5.74, 6) is -3.87. The molecule has 1 aliphatic rings. The summed E-state index contributed by atoms with van der Waals surface area (Å²) in [4.78, 5) is 0. The fourth-order valence-corrected chi connectivity index (χ4v) is 3.41. The maximum atomic E-state index is 11.1. The van der Waals surface area contributed by atoms with E-state index in [1.807, 2.05) is 0 Å². The van der Waals surface area contributed by atoms with E-state index >= 15 is 0 Å². The molecule has 1 rings (SSSR count). The lowest BCUT2D eigenvalue weighted by Crippen LogP contribution is -2.62. The van der Waals surface area contributed by atoms with Crippen molar-refractivity contribution in [1.82, 2.24) is 0 Å². The van der Waals surface area contributed by atoms with E-state index in [0.717, 1.165) is 7.11 Å². The molecule has 1 heterocycles. The molecule has 18 heteroatoms. The summed E-state index contributed by atoms with van der Waals surface area (Å²) >= 11 is 0. The molecule has 0 aromatic heterocycles. The van der Waals surface area contributed by atoms with Crippen molar-refractivity contribution in [3.8, 4) is 0 Å². The second-order valence-electron chi connectivity index (χ2n) is 5.73. The van der Waals surface area contributed by atoms with Crippen LogP contribution in [0.15, 0.2) is 0 Å². The minimum absolute atomic E-state index is 0.257. The zero-order valence-electron chi connectivity index (χ0n) is 15.2. The van der Waals surface area contributed by atoms with Gasteiger partial charge in [0.05, 0.1) is 6.61 Å². The molecule has 2 unspecified atom stereocenters. The van der Waals surface area contributed by atoms with Crippen molar-refractivity contribution in [3.63, 3.8) is 0 Å². The molecule has 0 amide bonds. The third-order valence-corrected chi connectivity index (χ3v) is 4.68. The number of hydrogen-bond donors (Lipinski definition) is 3. The molecule has 0 bridgehead atoms. The van der Waals surface area contributed by atoms with Gasteiger partial charge in [-0.05, 0) is 0 Å². The van der Waals surface area contributed by atoms with Gasteiger partial charge in [0, 0.05) is 14.2 Å². The quantitative estimate of drug-likeness (QED) is 0.245. The maximum absolute atomic E-state index is 11.1. The Balaban J connectivity index is 3.27. The van der Waals surface area contributed by atoms with Gasteiger partial charge in [0.15, 0.2) is 24.1 Å². The standard InChI is InChI=1S/C11H22O15S3/c1-21-3-7-8(23-4-27(12,13)14)9(24-5-28(15,16)17)10(11(22-2)26-7)25-6-29(18,19)20/h7-11H,3-6H2,1-2H3,(H,12,13,14)(H,15,16,17)(H,18,19,20)/t7?,8-,9+,10?,11+/m1/s1. The molecule has 1 saturated heterocycles. The molecule has 174 valence electrons. The number of methoxy groups -OCH3 is 2. The Hall–Kier alpha value is -0.510. The van der Waals surface area contributed by atoms with Crippen LogP contribution in [0.5, 0.6) is 0 Å². The first-order chi connectivity index (χ1) is 13.2. The van der Waals surface area contributed by atoms with Crippen LogP contribution in [0, 0.1) is 0 Å². The van der Waals surface area contributed by atoms with Crippen molar-refractivity contribution in [3.05, 3.63) is 0 Å². The Kier molecular flexibility index (Phi) is 9.77. The predicted octanol–water partition coefficient (Wildman–Crippen LogP) is -2.30. The van der Waals surface area contributed by atoms with Crippen LogP contribution in [0.4, 0.5) is 0 Å². The zero-order valence-corrected chi connectivity index (χ0v) is 17.6. The van der Waals surface area contributed by atoms with Gasteiger partial charge in [-0.25, -0.2) is 0 Å². The highest BCUT2D eigenvalue weighted by atomic mass is 32.2. The summed E-state index contributed by atoms with van der Waals surface area (Å²) in [6.07, 6.45) is -7.27. The van der Waals surface area contributed by atoms with Crippen LogP contribution in [0.3, 0.4) is 0 Å². The molecule has 15 nitrogen and oxygen atoms in total. The van der Waals surface area contributed by atoms with E-state index in [4.69, 9.17) is 42.1 Å². The molecular weight excluding hydrogens is 468 g/mol. The first-order valence-electron chi connectivity index (χ1n) is 7.54. The molecule has 5 atom stereocenters. The monoisotopic (exact) mass is 490 g/mol. The van der Waals surface area contributed by atoms with Crippen molar-refractivity contribution in [2.45, 2.75) is 30.7 Å². The van der Waals surface area contributed by atoms with E-state index in [0.29, 0.717) is 0 Å². The highest BCUT2D eigenvalue weighted by Crippen LogP contribution is 2.29. The minimum Gasteiger partial charge on any atom is -0.382 e. The molecule has 0 aromatic carbocycles. The molecule has 0 saturated carbocycles. The van der Waals surface area contributed by atoms with Crippen LogP contribution in [-0.4, -0.2) is 108 Å². The number of hydrogen-bond acceptors (Lipinski definition) is 12. The molecular formula is C11H22O15S3. The SMILES string of the molecule is COCC1O[C@H](OC)C(OCS(=O)(=O)O)[C@@H](OCS(=O)(=O)O)[C@@H]1OCS(=O)(=O)O. The van der Waals surface area contributed by atoms with Gasteiger partial charge in [0.25, 0.3) is 30.4 Å². The fourth-order valence-electron chi connectivity index (χ4n) is 2.43. The first-order valence-corrected chi connectivity index (χ1v) is 12.4. The summed E-state index contributed by atoms with van der Waals surface area (Å²) in [5.41, 5.74) is 0. The highest BCUT2D eigenvalue weighted by Gasteiger charge is 2.49. The van der Waals surface area contributed by atoms with Crippen LogP contribution in [0.2, 0.25) is 0 Å². The highest BCUT2D eigenvalue weighted by molar-refractivity contribution is 7.86. The largest absolute Gasteiger partial charge is 0.382 e. The summed E-state index contributed by atoms with van der Waals surface area (Å²) < 4.78 is 123. The van der Waals surface area contributed by atoms with Crippen molar-refractivity contribution in [2.75, 3.05) is 38.6 Å². The molecule has 0 radical (unpaired) electrons. The van der Waals surface area contributed by atoms with Crippen molar-refractivity contribution in [1.29, 1.82) is 0 Å². The van der Waals surface area contributed by atoms with E-state index < -0.39 is 78.9 Å². The van der Waals surface area contributed by atoms with Gasteiger partial charge in [-0.15, -0.1) is 0 Å². The Morgan fingerprint density at radius 3 is 1.52 bits per heavy atom. The minimum atomic E-state index is -4.69. The van der Waals surface area contributed by atoms with Gasteiger partial charge >= 0.3 is 0 Å². The van der Waals surface area contributed by atoms with Crippen molar-refractivity contribution >= 4 is 30.4 Å². The van der Waals surface area contributed by atoms with Gasteiger partial charge in [0.2, 0.25) is 0 Å². The zero-order chi connectivity index (χ0) is 22.5. The Labute approximate surface area is 167 Å². The summed E-state index contributed by atoms with van der Waals surface area (Å²) in [6, 6.07) is 0. The molecule has 29 heavy (non-hydrogen) atoms. The molecule has 0 aliphatic carbocycles. The number of ether oxygens (including phenoxy) is 6. The van der Waals surface area contributed by atoms with Gasteiger partial charge < -0.3 is 28.4 Å². The average Bonchev–Trinajstić information content (AvgIpc) is 2.54. The third-order valence-electron chi connectivity index (χ3n) is 3.38. The Morgan fingerprint density at radius 1 is 0.724 bits per heavy atom. The van der Waals surface area contributed by atoms with E-state index in [9.17, 15) is 25.3 Å². The second-order valence-corrected chi connectivity index (χ2v) is 9.93. The maximum Gasteiger partial charge on any atom is 0.289 e. The first kappa shape index (κ1) is 26.5. The van der Waals surface area contributed by atoms with Crippen LogP contribution in [0.25, 0.3) is 0 Å². The normalized spacial score (nSPS) is 29.1. The van der Waals surface area contributed by atoms with Gasteiger partial charge in [-0.1, -0.05) is 0 Å². The molecule has 1 fully saturated rings. The van der Waals surface area contributed by atoms with Crippen molar-refractivity contribution in [2.24, 2.45) is 0 Å². The number of rotatable bonds is 12. The Bertz CT molecular complexity index is 820. The van der Waals surface area contributed by atoms with Crippen LogP contribution >= 0.6 is 0 Å². The smallest absolute Gasteiger partial charge is 0.289 e. The third kappa shape index (κ3) is 9.89. The predicted molar refractivity (Wildman–Crippen MR) is 91.4 cm³/mol. The molecule has 1 aliphatic heterocycles. The van der Waals surface area contributed by atoms with Crippen LogP contribution in [0.1, 0.15) is 0 Å². The fraction of sp³-hybridized carbons (Fsp3) is 1.00. The average molecular weight is 490 g/mol. The molecule has 0 spiro atoms. The summed E-state index contributed by atoms with van der Waals surface area (Å²) in [5, 5.41) is 0. The van der Waals surface area contributed by atoms with Crippen LogP contribution in [-0.2, 0) is 58.8 Å². The topological polar surface area (TPSA) is 218 Å². The summed E-state index contributed by atoms with van der Waals surface area (Å²) in [6.45, 7) is -0.257. The lowest BCUT2D eigenvalue weighted by molar-refractivity contribution is -0.311. The van der Waals surface area contributed by atoms with Gasteiger partial charge in [-0.3, -0.25) is 13.7 Å². The lowest BCUT2D eigenvalue weighted by atomic mass is 9.98. The Morgan fingerprint density at radius 2 is 1.14 bits per heavy atom. The van der Waals surface area contributed by atoms with Crippen LogP contribution < -0.4 is 0 Å². The van der Waals surface area contributed by atoms with E-state index in [1.54, 1.807) is 0 Å². The van der Waals surface area contributed by atoms with E-state index in [2.05, 4.69) is 0 Å². The van der Waals surface area contributed by atoms with Crippen molar-refractivity contribution < 1.29 is 67.3 Å². The molecule has 3 N–H and O–H groups in total. The molecule has 0 aromatic rings. The van der Waals surface area contributed by atoms with Gasteiger partial charge in [0.1, 0.15) is 24.4 Å². The van der Waals surface area contributed by atoms with Gasteiger partial charge in [-0.2, -0.15) is 25.3 Å². The van der Waals surface area contributed by atoms with E-state index in [1.165, 1.54) is 7.11 Å². The summed E-state index contributed by atoms with van der Waals surface area (Å²) in [7, 11) is -11.6. The lowest BCUT2D eigenvalue weighted by Gasteiger charge is -2.44.